The van der Waals surface area contributed by atoms with E-state index in [1.165, 1.54) is 5.56 Å². The number of aromatic nitrogens is 1. The van der Waals surface area contributed by atoms with Crippen molar-refractivity contribution in [3.05, 3.63) is 71.6 Å². The molecule has 6 heteroatoms. The van der Waals surface area contributed by atoms with Crippen LogP contribution in [0, 0.1) is 6.92 Å². The van der Waals surface area contributed by atoms with Gasteiger partial charge in [-0.2, -0.15) is 0 Å². The van der Waals surface area contributed by atoms with Crippen LogP contribution in [0.5, 0.6) is 5.75 Å². The smallest absolute Gasteiger partial charge is 0.230 e. The maximum absolute atomic E-state index is 12.2. The van der Waals surface area contributed by atoms with Gasteiger partial charge in [0.25, 0.3) is 0 Å². The van der Waals surface area contributed by atoms with Gasteiger partial charge in [0.1, 0.15) is 11.5 Å². The first-order valence-corrected chi connectivity index (χ1v) is 11.2. The van der Waals surface area contributed by atoms with Crippen LogP contribution in [0.15, 0.2) is 59.0 Å². The zero-order valence-corrected chi connectivity index (χ0v) is 18.5. The van der Waals surface area contributed by atoms with Gasteiger partial charge < -0.3 is 14.5 Å². The summed E-state index contributed by atoms with van der Waals surface area (Å²) in [6.07, 6.45) is 1.88. The van der Waals surface area contributed by atoms with Crippen molar-refractivity contribution in [1.82, 2.24) is 10.3 Å². The lowest BCUT2D eigenvalue weighted by Gasteiger charge is -2.13. The third-order valence-electron chi connectivity index (χ3n) is 4.80. The molecule has 0 saturated heterocycles. The minimum absolute atomic E-state index is 0.0507. The van der Waals surface area contributed by atoms with E-state index < -0.39 is 0 Å². The molecule has 1 N–H and O–H groups in total. The number of nitrogens with zero attached hydrogens (tertiary/aromatic N) is 1. The van der Waals surface area contributed by atoms with Gasteiger partial charge >= 0.3 is 0 Å². The van der Waals surface area contributed by atoms with Gasteiger partial charge in [0, 0.05) is 17.4 Å². The highest BCUT2D eigenvalue weighted by Crippen LogP contribution is 2.26. The van der Waals surface area contributed by atoms with Crippen molar-refractivity contribution in [2.75, 3.05) is 12.9 Å². The molecule has 5 nitrogen and oxygen atoms in total. The third kappa shape index (κ3) is 6.39. The third-order valence-corrected chi connectivity index (χ3v) is 5.74. The molecule has 0 radical (unpaired) electrons. The van der Waals surface area contributed by atoms with Gasteiger partial charge in [0.15, 0.2) is 0 Å². The molecule has 0 saturated carbocycles. The van der Waals surface area contributed by atoms with E-state index in [0.29, 0.717) is 17.4 Å². The maximum Gasteiger partial charge on any atom is 0.230 e. The van der Waals surface area contributed by atoms with Crippen molar-refractivity contribution in [2.24, 2.45) is 0 Å². The maximum atomic E-state index is 12.2. The molecule has 0 unspecified atom stereocenters. The fourth-order valence-corrected chi connectivity index (χ4v) is 3.93. The second-order valence-electron chi connectivity index (χ2n) is 7.24. The van der Waals surface area contributed by atoms with Gasteiger partial charge in [-0.25, -0.2) is 4.98 Å². The Morgan fingerprint density at radius 3 is 2.77 bits per heavy atom. The number of hydrogen-bond acceptors (Lipinski definition) is 5. The van der Waals surface area contributed by atoms with Crippen molar-refractivity contribution in [3.63, 3.8) is 0 Å². The predicted molar refractivity (Wildman–Crippen MR) is 122 cm³/mol. The summed E-state index contributed by atoms with van der Waals surface area (Å²) in [6.45, 7) is 3.95. The molecule has 0 bridgehead atoms. The number of rotatable bonds is 10. The quantitative estimate of drug-likeness (QED) is 0.495. The number of carbonyl (C=O) groups excluding carboxylic acids is 1. The van der Waals surface area contributed by atoms with Gasteiger partial charge in [0.2, 0.25) is 11.8 Å². The van der Waals surface area contributed by atoms with E-state index in [9.17, 15) is 4.79 Å². The van der Waals surface area contributed by atoms with E-state index in [2.05, 4.69) is 22.4 Å². The van der Waals surface area contributed by atoms with E-state index in [4.69, 9.17) is 9.15 Å². The highest BCUT2D eigenvalue weighted by atomic mass is 32.2. The van der Waals surface area contributed by atoms with Gasteiger partial charge in [0.05, 0.1) is 18.6 Å². The van der Waals surface area contributed by atoms with E-state index >= 15 is 0 Å². The number of benzene rings is 2. The number of aryl methyl sites for hydroxylation is 2. The number of nitrogens with one attached hydrogen (secondary N) is 1. The van der Waals surface area contributed by atoms with Gasteiger partial charge in [-0.3, -0.25) is 4.79 Å². The van der Waals surface area contributed by atoms with Crippen LogP contribution in [0.4, 0.5) is 0 Å². The lowest BCUT2D eigenvalue weighted by Crippen LogP contribution is -2.34. The summed E-state index contributed by atoms with van der Waals surface area (Å²) in [5, 5.41) is 3.08. The molecule has 0 aliphatic rings. The molecule has 0 aliphatic carbocycles. The number of oxazole rings is 1. The zero-order chi connectivity index (χ0) is 21.3. The normalized spacial score (nSPS) is 11.8. The van der Waals surface area contributed by atoms with Gasteiger partial charge in [-0.15, -0.1) is 11.8 Å². The number of amides is 1. The minimum Gasteiger partial charge on any atom is -0.497 e. The molecule has 158 valence electrons. The average molecular weight is 425 g/mol. The molecule has 0 spiro atoms. The molecule has 0 aliphatic heterocycles. The molecule has 1 atom stereocenters. The average Bonchev–Trinajstić information content (AvgIpc) is 3.13. The Labute approximate surface area is 182 Å². The molecule has 3 rings (SSSR count). The van der Waals surface area contributed by atoms with Crippen LogP contribution in [0.2, 0.25) is 0 Å². The summed E-state index contributed by atoms with van der Waals surface area (Å²) in [5.41, 5.74) is 3.03. The number of thioether (sulfide) groups is 1. The first kappa shape index (κ1) is 22.0. The SMILES string of the molecule is COc1cccc(-c2nc(CSCC(=O)N[C@H](C)CCc3ccccc3)c(C)o2)c1. The van der Waals surface area contributed by atoms with Crippen molar-refractivity contribution in [3.8, 4) is 17.2 Å². The molecule has 0 fully saturated rings. The van der Waals surface area contributed by atoms with Crippen molar-refractivity contribution < 1.29 is 13.9 Å². The molecular weight excluding hydrogens is 396 g/mol. The summed E-state index contributed by atoms with van der Waals surface area (Å²) >= 11 is 1.54. The highest BCUT2D eigenvalue weighted by molar-refractivity contribution is 7.99. The minimum atomic E-state index is 0.0507. The van der Waals surface area contributed by atoms with Crippen LogP contribution >= 0.6 is 11.8 Å². The van der Waals surface area contributed by atoms with Gasteiger partial charge in [-0.05, 0) is 50.5 Å². The van der Waals surface area contributed by atoms with Crippen molar-refractivity contribution >= 4 is 17.7 Å². The number of methoxy groups -OCH3 is 1. The van der Waals surface area contributed by atoms with E-state index in [-0.39, 0.29) is 11.9 Å². The second-order valence-corrected chi connectivity index (χ2v) is 8.23. The number of carbonyl (C=O) groups is 1. The van der Waals surface area contributed by atoms with Crippen LogP contribution in [-0.2, 0) is 17.0 Å². The predicted octanol–water partition coefficient (Wildman–Crippen LogP) is 5.03. The molecule has 2 aromatic carbocycles. The van der Waals surface area contributed by atoms with Crippen LogP contribution in [0.3, 0.4) is 0 Å². The van der Waals surface area contributed by atoms with E-state index in [1.54, 1.807) is 18.9 Å². The zero-order valence-electron chi connectivity index (χ0n) is 17.7. The second kappa shape index (κ2) is 10.9. The summed E-state index contributed by atoms with van der Waals surface area (Å²) in [7, 11) is 1.63. The van der Waals surface area contributed by atoms with Crippen LogP contribution in [0.1, 0.15) is 30.4 Å². The first-order valence-electron chi connectivity index (χ1n) is 10.1. The number of ether oxygens (including phenoxy) is 1. The Morgan fingerprint density at radius 2 is 2.00 bits per heavy atom. The van der Waals surface area contributed by atoms with Gasteiger partial charge in [-0.1, -0.05) is 36.4 Å². The largest absolute Gasteiger partial charge is 0.497 e. The Kier molecular flexibility index (Phi) is 7.97. The molecular formula is C24H28N2O3S. The Hall–Kier alpha value is -2.73. The monoisotopic (exact) mass is 424 g/mol. The lowest BCUT2D eigenvalue weighted by molar-refractivity contribution is -0.119. The summed E-state index contributed by atoms with van der Waals surface area (Å²) in [6, 6.07) is 18.1. The Balaban J connectivity index is 1.44. The summed E-state index contributed by atoms with van der Waals surface area (Å²) < 4.78 is 11.1. The molecule has 1 aromatic heterocycles. The fourth-order valence-electron chi connectivity index (χ4n) is 3.10. The van der Waals surface area contributed by atoms with Crippen molar-refractivity contribution in [2.45, 2.75) is 38.5 Å². The Morgan fingerprint density at radius 1 is 1.20 bits per heavy atom. The standard InChI is InChI=1S/C24H28N2O3S/c1-17(12-13-19-8-5-4-6-9-19)25-23(27)16-30-15-22-18(2)29-24(26-22)20-10-7-11-21(14-20)28-3/h4-11,14,17H,12-13,15-16H2,1-3H3,(H,25,27)/t17-/m1/s1. The molecule has 1 heterocycles. The van der Waals surface area contributed by atoms with Crippen LogP contribution in [-0.4, -0.2) is 29.8 Å². The van der Waals surface area contributed by atoms with Crippen LogP contribution in [0.25, 0.3) is 11.5 Å². The van der Waals surface area contributed by atoms with Crippen molar-refractivity contribution in [1.29, 1.82) is 0 Å². The number of hydrogen-bond donors (Lipinski definition) is 1. The summed E-state index contributed by atoms with van der Waals surface area (Å²) in [5.74, 6) is 3.19. The topological polar surface area (TPSA) is 64.4 Å². The molecule has 1 amide bonds. The lowest BCUT2D eigenvalue weighted by atomic mass is 10.1. The first-order chi connectivity index (χ1) is 14.5. The molecule has 30 heavy (non-hydrogen) atoms. The van der Waals surface area contributed by atoms with Crippen LogP contribution < -0.4 is 10.1 Å². The fraction of sp³-hybridized carbons (Fsp3) is 0.333. The highest BCUT2D eigenvalue weighted by Gasteiger charge is 2.13. The Bertz CT molecular complexity index is 956. The van der Waals surface area contributed by atoms with E-state index in [1.807, 2.05) is 56.3 Å². The molecule has 3 aromatic rings. The van der Waals surface area contributed by atoms with E-state index in [0.717, 1.165) is 35.6 Å². The summed E-state index contributed by atoms with van der Waals surface area (Å²) in [4.78, 5) is 16.8.